The van der Waals surface area contributed by atoms with Crippen LogP contribution in [0.2, 0.25) is 0 Å². The fraction of sp³-hybridized carbons (Fsp3) is 0.556. The second-order valence-corrected chi connectivity index (χ2v) is 9.02. The van der Waals surface area contributed by atoms with Crippen LogP contribution >= 0.6 is 0 Å². The van der Waals surface area contributed by atoms with Gasteiger partial charge in [0, 0.05) is 49.1 Å². The molecule has 180 valence electrons. The lowest BCUT2D eigenvalue weighted by molar-refractivity contribution is 0.282. The third kappa shape index (κ3) is 6.33. The first-order valence-electron chi connectivity index (χ1n) is 12.6. The Bertz CT molecular complexity index is 994. The maximum Gasteiger partial charge on any atom is 0.229 e. The van der Waals surface area contributed by atoms with E-state index in [2.05, 4.69) is 76.3 Å². The first-order chi connectivity index (χ1) is 16.1. The zero-order valence-electron chi connectivity index (χ0n) is 21.4. The fourth-order valence-corrected chi connectivity index (χ4v) is 4.66. The van der Waals surface area contributed by atoms with Gasteiger partial charge in [-0.15, -0.1) is 0 Å². The summed E-state index contributed by atoms with van der Waals surface area (Å²) in [6, 6.07) is 9.18. The zero-order chi connectivity index (χ0) is 23.8. The van der Waals surface area contributed by atoms with Gasteiger partial charge in [-0.1, -0.05) is 39.8 Å². The predicted octanol–water partition coefficient (Wildman–Crippen LogP) is 5.91. The van der Waals surface area contributed by atoms with Crippen LogP contribution in [0.3, 0.4) is 0 Å². The molecular formula is C27H42N6. The number of anilines is 2. The third-order valence-corrected chi connectivity index (χ3v) is 6.57. The summed E-state index contributed by atoms with van der Waals surface area (Å²) >= 11 is 0. The van der Waals surface area contributed by atoms with Crippen LogP contribution in [-0.2, 0) is 6.54 Å². The van der Waals surface area contributed by atoms with Gasteiger partial charge in [0.15, 0.2) is 0 Å². The van der Waals surface area contributed by atoms with E-state index in [1.807, 2.05) is 27.1 Å². The summed E-state index contributed by atoms with van der Waals surface area (Å²) in [7, 11) is 2.00. The Kier molecular flexibility index (Phi) is 9.27. The van der Waals surface area contributed by atoms with Gasteiger partial charge in [-0.2, -0.15) is 4.98 Å². The molecule has 0 amide bonds. The summed E-state index contributed by atoms with van der Waals surface area (Å²) in [5.74, 6) is 1.46. The van der Waals surface area contributed by atoms with Crippen molar-refractivity contribution in [1.29, 1.82) is 0 Å². The highest BCUT2D eigenvalue weighted by Crippen LogP contribution is 2.37. The average molecular weight is 451 g/mol. The standard InChI is InChI=1S/C25H36N6.C2H6/c1-5-30(13-12-26-4)17-20-7-9-21(10-8-20)28-25-27-15-23-19(3)16-31(24(23)29-25)22-11-6-18(2)14-22;1-2/h7-10,15-16,18,22,26H,5-6,11-14,17H2,1-4H3,(H,27,28,29);1-2H3. The lowest BCUT2D eigenvalue weighted by Crippen LogP contribution is -2.30. The highest BCUT2D eigenvalue weighted by atomic mass is 15.2. The van der Waals surface area contributed by atoms with Gasteiger partial charge in [0.05, 0.1) is 0 Å². The lowest BCUT2D eigenvalue weighted by atomic mass is 10.1. The Morgan fingerprint density at radius 2 is 1.91 bits per heavy atom. The maximum atomic E-state index is 4.90. The molecule has 0 spiro atoms. The molecule has 3 aromatic rings. The molecule has 0 saturated heterocycles. The number of likely N-dealkylation sites (N-methyl/N-ethyl adjacent to an activating group) is 2. The van der Waals surface area contributed by atoms with E-state index in [1.54, 1.807) is 0 Å². The largest absolute Gasteiger partial charge is 0.329 e. The number of nitrogens with one attached hydrogen (secondary N) is 2. The summed E-state index contributed by atoms with van der Waals surface area (Å²) in [5.41, 5.74) is 4.64. The highest BCUT2D eigenvalue weighted by Gasteiger charge is 2.25. The number of hydrogen-bond acceptors (Lipinski definition) is 5. The normalized spacial score (nSPS) is 17.9. The summed E-state index contributed by atoms with van der Waals surface area (Å²) in [6.07, 6.45) is 8.00. The number of nitrogens with zero attached hydrogens (tertiary/aromatic N) is 4. The van der Waals surface area contributed by atoms with Crippen molar-refractivity contribution in [3.8, 4) is 0 Å². The van der Waals surface area contributed by atoms with Crippen LogP contribution in [0, 0.1) is 12.8 Å². The van der Waals surface area contributed by atoms with Gasteiger partial charge in [0.25, 0.3) is 0 Å². The van der Waals surface area contributed by atoms with Crippen LogP contribution in [0.5, 0.6) is 0 Å². The van der Waals surface area contributed by atoms with E-state index in [4.69, 9.17) is 4.98 Å². The van der Waals surface area contributed by atoms with E-state index in [-0.39, 0.29) is 0 Å². The SMILES string of the molecule is CC.CCN(CCNC)Cc1ccc(Nc2ncc3c(C)cn(C4CCC(C)C4)c3n2)cc1. The van der Waals surface area contributed by atoms with Crippen molar-refractivity contribution in [3.63, 3.8) is 0 Å². The van der Waals surface area contributed by atoms with Crippen LogP contribution in [-0.4, -0.2) is 46.1 Å². The molecule has 6 nitrogen and oxygen atoms in total. The number of aromatic nitrogens is 3. The molecule has 6 heteroatoms. The van der Waals surface area contributed by atoms with Crippen LogP contribution in [0.25, 0.3) is 11.0 Å². The Hall–Kier alpha value is -2.44. The molecule has 2 aromatic heterocycles. The van der Waals surface area contributed by atoms with Gasteiger partial charge in [0.2, 0.25) is 5.95 Å². The Morgan fingerprint density at radius 3 is 2.55 bits per heavy atom. The quantitative estimate of drug-likeness (QED) is 0.424. The third-order valence-electron chi connectivity index (χ3n) is 6.57. The van der Waals surface area contributed by atoms with E-state index in [0.717, 1.165) is 48.8 Å². The maximum absolute atomic E-state index is 4.90. The van der Waals surface area contributed by atoms with E-state index in [1.165, 1.54) is 30.4 Å². The Labute approximate surface area is 199 Å². The number of rotatable bonds is 9. The van der Waals surface area contributed by atoms with Crippen molar-refractivity contribution in [3.05, 3.63) is 47.8 Å². The molecule has 2 heterocycles. The van der Waals surface area contributed by atoms with Crippen LogP contribution < -0.4 is 10.6 Å². The van der Waals surface area contributed by atoms with Gasteiger partial charge in [-0.25, -0.2) is 4.98 Å². The monoisotopic (exact) mass is 450 g/mol. The predicted molar refractivity (Wildman–Crippen MR) is 140 cm³/mol. The van der Waals surface area contributed by atoms with Crippen molar-refractivity contribution in [2.45, 2.75) is 66.5 Å². The number of benzene rings is 1. The van der Waals surface area contributed by atoms with Gasteiger partial charge < -0.3 is 15.2 Å². The van der Waals surface area contributed by atoms with Crippen molar-refractivity contribution >= 4 is 22.7 Å². The minimum absolute atomic E-state index is 0.553. The molecular weight excluding hydrogens is 408 g/mol. The molecule has 2 atom stereocenters. The Balaban J connectivity index is 0.00000149. The number of hydrogen-bond donors (Lipinski definition) is 2. The topological polar surface area (TPSA) is 58.0 Å². The van der Waals surface area contributed by atoms with Crippen LogP contribution in [0.1, 0.15) is 64.1 Å². The minimum atomic E-state index is 0.553. The van der Waals surface area contributed by atoms with Gasteiger partial charge in [-0.3, -0.25) is 4.90 Å². The van der Waals surface area contributed by atoms with E-state index >= 15 is 0 Å². The van der Waals surface area contributed by atoms with Crippen LogP contribution in [0.4, 0.5) is 11.6 Å². The molecule has 2 N–H and O–H groups in total. The molecule has 2 unspecified atom stereocenters. The zero-order valence-corrected chi connectivity index (χ0v) is 21.4. The molecule has 0 bridgehead atoms. The second-order valence-electron chi connectivity index (χ2n) is 9.02. The second kappa shape index (κ2) is 12.1. The Morgan fingerprint density at radius 1 is 1.15 bits per heavy atom. The van der Waals surface area contributed by atoms with Gasteiger partial charge in [-0.05, 0) is 69.0 Å². The molecule has 1 aliphatic carbocycles. The summed E-state index contributed by atoms with van der Waals surface area (Å²) in [4.78, 5) is 11.9. The first-order valence-corrected chi connectivity index (χ1v) is 12.6. The molecule has 1 saturated carbocycles. The molecule has 1 aliphatic rings. The number of fused-ring (bicyclic) bond motifs is 1. The van der Waals surface area contributed by atoms with E-state index in [9.17, 15) is 0 Å². The first kappa shape index (κ1) is 25.2. The molecule has 33 heavy (non-hydrogen) atoms. The molecule has 0 aliphatic heterocycles. The average Bonchev–Trinajstić information content (AvgIpc) is 3.41. The summed E-state index contributed by atoms with van der Waals surface area (Å²) in [6.45, 7) is 14.8. The van der Waals surface area contributed by atoms with E-state index < -0.39 is 0 Å². The highest BCUT2D eigenvalue weighted by molar-refractivity contribution is 5.81. The molecule has 0 radical (unpaired) electrons. The van der Waals surface area contributed by atoms with Crippen molar-refractivity contribution in [1.82, 2.24) is 24.8 Å². The van der Waals surface area contributed by atoms with Crippen molar-refractivity contribution in [2.75, 3.05) is 32.0 Å². The van der Waals surface area contributed by atoms with Crippen molar-refractivity contribution < 1.29 is 0 Å². The number of aryl methyl sites for hydroxylation is 1. The molecule has 1 fully saturated rings. The van der Waals surface area contributed by atoms with Crippen molar-refractivity contribution in [2.24, 2.45) is 5.92 Å². The summed E-state index contributed by atoms with van der Waals surface area (Å²) < 4.78 is 2.38. The van der Waals surface area contributed by atoms with Crippen LogP contribution in [0.15, 0.2) is 36.7 Å². The van der Waals surface area contributed by atoms with E-state index in [0.29, 0.717) is 12.0 Å². The lowest BCUT2D eigenvalue weighted by Gasteiger charge is -2.20. The summed E-state index contributed by atoms with van der Waals surface area (Å²) in [5, 5.41) is 7.78. The van der Waals surface area contributed by atoms with Gasteiger partial charge in [0.1, 0.15) is 5.65 Å². The smallest absolute Gasteiger partial charge is 0.229 e. The molecule has 1 aromatic carbocycles. The molecule has 4 rings (SSSR count). The fourth-order valence-electron chi connectivity index (χ4n) is 4.66. The minimum Gasteiger partial charge on any atom is -0.329 e. The van der Waals surface area contributed by atoms with Gasteiger partial charge >= 0.3 is 0 Å².